The van der Waals surface area contributed by atoms with Crippen LogP contribution < -0.4 is 15.0 Å². The van der Waals surface area contributed by atoms with E-state index in [0.717, 1.165) is 59.7 Å². The number of piperazine rings is 1. The van der Waals surface area contributed by atoms with Crippen LogP contribution >= 0.6 is 11.6 Å². The van der Waals surface area contributed by atoms with Gasteiger partial charge in [-0.15, -0.1) is 0 Å². The second kappa shape index (κ2) is 10.2. The van der Waals surface area contributed by atoms with E-state index in [1.165, 1.54) is 6.08 Å². The molecule has 0 atom stereocenters. The summed E-state index contributed by atoms with van der Waals surface area (Å²) in [6.07, 6.45) is 3.18. The van der Waals surface area contributed by atoms with Gasteiger partial charge < -0.3 is 19.9 Å². The van der Waals surface area contributed by atoms with E-state index in [1.807, 2.05) is 37.3 Å². The van der Waals surface area contributed by atoms with Crippen LogP contribution in [0.25, 0.3) is 17.0 Å². The average molecular weight is 465 g/mol. The van der Waals surface area contributed by atoms with E-state index < -0.39 is 0 Å². The number of hydrogen-bond acceptors (Lipinski definition) is 5. The fourth-order valence-electron chi connectivity index (χ4n) is 3.90. The molecule has 1 fully saturated rings. The lowest BCUT2D eigenvalue weighted by atomic mass is 10.1. The molecule has 1 aliphatic rings. The van der Waals surface area contributed by atoms with E-state index in [-0.39, 0.29) is 5.91 Å². The molecule has 0 aliphatic carbocycles. The van der Waals surface area contributed by atoms with Gasteiger partial charge in [0.1, 0.15) is 11.6 Å². The Morgan fingerprint density at radius 3 is 2.67 bits per heavy atom. The molecule has 6 nitrogen and oxygen atoms in total. The molecule has 0 unspecified atom stereocenters. The summed E-state index contributed by atoms with van der Waals surface area (Å²) in [7, 11) is 2.15. The fraction of sp³-hybridized carbons (Fsp3) is 0.308. The normalized spacial score (nSPS) is 14.7. The van der Waals surface area contributed by atoms with Crippen molar-refractivity contribution in [2.24, 2.45) is 0 Å². The molecule has 1 aromatic heterocycles. The summed E-state index contributed by atoms with van der Waals surface area (Å²) >= 11 is 6.29. The van der Waals surface area contributed by atoms with Crippen LogP contribution in [-0.2, 0) is 4.79 Å². The van der Waals surface area contributed by atoms with Crippen LogP contribution in [0, 0.1) is 6.92 Å². The number of benzene rings is 2. The van der Waals surface area contributed by atoms with Crippen molar-refractivity contribution in [1.82, 2.24) is 9.88 Å². The van der Waals surface area contributed by atoms with Crippen LogP contribution in [0.4, 0.5) is 11.5 Å². The van der Waals surface area contributed by atoms with Gasteiger partial charge in [-0.3, -0.25) is 4.79 Å². The number of aromatic nitrogens is 1. The van der Waals surface area contributed by atoms with Crippen LogP contribution in [-0.4, -0.2) is 55.6 Å². The Morgan fingerprint density at radius 2 is 1.94 bits per heavy atom. The zero-order valence-corrected chi connectivity index (χ0v) is 20.0. The monoisotopic (exact) mass is 464 g/mol. The van der Waals surface area contributed by atoms with Crippen molar-refractivity contribution in [3.05, 3.63) is 64.7 Å². The Hall–Kier alpha value is -3.09. The molecule has 33 heavy (non-hydrogen) atoms. The first-order valence-electron chi connectivity index (χ1n) is 11.2. The van der Waals surface area contributed by atoms with Crippen LogP contribution in [0.1, 0.15) is 18.1 Å². The largest absolute Gasteiger partial charge is 0.494 e. The van der Waals surface area contributed by atoms with Crippen molar-refractivity contribution in [3.8, 4) is 5.75 Å². The number of aryl methyl sites for hydroxylation is 1. The number of fused-ring (bicyclic) bond motifs is 1. The molecule has 0 saturated carbocycles. The Labute approximate surface area is 199 Å². The lowest BCUT2D eigenvalue weighted by molar-refractivity contribution is -0.111. The van der Waals surface area contributed by atoms with E-state index in [2.05, 4.69) is 35.2 Å². The van der Waals surface area contributed by atoms with E-state index >= 15 is 0 Å². The molecule has 7 heteroatoms. The first kappa shape index (κ1) is 23.1. The number of nitrogens with one attached hydrogen (secondary N) is 1. The van der Waals surface area contributed by atoms with Gasteiger partial charge in [-0.25, -0.2) is 4.98 Å². The van der Waals surface area contributed by atoms with Crippen molar-refractivity contribution in [1.29, 1.82) is 0 Å². The highest BCUT2D eigenvalue weighted by Crippen LogP contribution is 2.26. The molecule has 2 aromatic carbocycles. The highest BCUT2D eigenvalue weighted by molar-refractivity contribution is 6.32. The van der Waals surface area contributed by atoms with E-state index in [4.69, 9.17) is 21.3 Å². The second-order valence-electron chi connectivity index (χ2n) is 8.26. The first-order valence-corrected chi connectivity index (χ1v) is 11.6. The maximum atomic E-state index is 12.5. The average Bonchev–Trinajstić information content (AvgIpc) is 2.79. The number of pyridine rings is 1. The Kier molecular flexibility index (Phi) is 7.16. The number of likely N-dealkylation sites (N-methyl/N-ethyl adjacent to an activating group) is 1. The van der Waals surface area contributed by atoms with E-state index in [0.29, 0.717) is 17.4 Å². The predicted molar refractivity (Wildman–Crippen MR) is 136 cm³/mol. The molecule has 0 bridgehead atoms. The number of hydrogen-bond donors (Lipinski definition) is 1. The molecule has 0 spiro atoms. The summed E-state index contributed by atoms with van der Waals surface area (Å²) in [6, 6.07) is 13.4. The lowest BCUT2D eigenvalue weighted by Crippen LogP contribution is -2.44. The number of nitrogens with zero attached hydrogens (tertiary/aromatic N) is 3. The third kappa shape index (κ3) is 5.64. The van der Waals surface area contributed by atoms with Gasteiger partial charge in [0, 0.05) is 43.3 Å². The molecular weight excluding hydrogens is 436 g/mol. The van der Waals surface area contributed by atoms with Crippen molar-refractivity contribution in [2.45, 2.75) is 13.8 Å². The number of carbonyl (C=O) groups is 1. The SMILES string of the molecule is CCOc1ccc(C=CC(=O)Nc2ccc3nc(N4CCN(C)CC4)cc(C)c3c2)c(Cl)c1. The van der Waals surface area contributed by atoms with Gasteiger partial charge in [-0.1, -0.05) is 11.6 Å². The summed E-state index contributed by atoms with van der Waals surface area (Å²) in [5.41, 5.74) is 3.55. The minimum Gasteiger partial charge on any atom is -0.494 e. The van der Waals surface area contributed by atoms with Crippen LogP contribution in [0.3, 0.4) is 0 Å². The smallest absolute Gasteiger partial charge is 0.248 e. The molecule has 1 aliphatic heterocycles. The Balaban J connectivity index is 1.46. The number of ether oxygens (including phenoxy) is 1. The minimum atomic E-state index is -0.223. The zero-order valence-electron chi connectivity index (χ0n) is 19.3. The van der Waals surface area contributed by atoms with Gasteiger partial charge in [-0.05, 0) is 80.6 Å². The molecule has 0 radical (unpaired) electrons. The summed E-state index contributed by atoms with van der Waals surface area (Å²) < 4.78 is 5.44. The standard InChI is InChI=1S/C26H29ClN4O2/c1-4-33-21-8-5-19(23(27)17-21)6-10-26(32)28-20-7-9-24-22(16-20)18(2)15-25(29-24)31-13-11-30(3)12-14-31/h5-10,15-17H,4,11-14H2,1-3H3,(H,28,32). The summed E-state index contributed by atoms with van der Waals surface area (Å²) in [5.74, 6) is 1.50. The Bertz CT molecular complexity index is 1190. The summed E-state index contributed by atoms with van der Waals surface area (Å²) in [6.45, 7) is 8.62. The molecule has 1 amide bonds. The lowest BCUT2D eigenvalue weighted by Gasteiger charge is -2.33. The number of rotatable bonds is 6. The number of anilines is 2. The third-order valence-corrected chi connectivity index (χ3v) is 6.12. The topological polar surface area (TPSA) is 57.7 Å². The first-order chi connectivity index (χ1) is 15.9. The quantitative estimate of drug-likeness (QED) is 0.520. The molecule has 172 valence electrons. The van der Waals surface area contributed by atoms with Crippen LogP contribution in [0.5, 0.6) is 5.75 Å². The number of amides is 1. The fourth-order valence-corrected chi connectivity index (χ4v) is 4.13. The minimum absolute atomic E-state index is 0.223. The van der Waals surface area contributed by atoms with Gasteiger partial charge >= 0.3 is 0 Å². The summed E-state index contributed by atoms with van der Waals surface area (Å²) in [4.78, 5) is 22.0. The Morgan fingerprint density at radius 1 is 1.15 bits per heavy atom. The van der Waals surface area contributed by atoms with Crippen LogP contribution in [0.15, 0.2) is 48.5 Å². The van der Waals surface area contributed by atoms with E-state index in [9.17, 15) is 4.79 Å². The van der Waals surface area contributed by atoms with Gasteiger partial charge in [-0.2, -0.15) is 0 Å². The third-order valence-electron chi connectivity index (χ3n) is 5.79. The highest BCUT2D eigenvalue weighted by Gasteiger charge is 2.16. The van der Waals surface area contributed by atoms with Crippen molar-refractivity contribution in [3.63, 3.8) is 0 Å². The molecular formula is C26H29ClN4O2. The maximum absolute atomic E-state index is 12.5. The zero-order chi connectivity index (χ0) is 23.4. The van der Waals surface area contributed by atoms with Crippen molar-refractivity contribution >= 4 is 46.0 Å². The highest BCUT2D eigenvalue weighted by atomic mass is 35.5. The number of halogens is 1. The molecule has 1 N–H and O–H groups in total. The van der Waals surface area contributed by atoms with E-state index in [1.54, 1.807) is 12.1 Å². The van der Waals surface area contributed by atoms with Gasteiger partial charge in [0.25, 0.3) is 0 Å². The van der Waals surface area contributed by atoms with Gasteiger partial charge in [0.15, 0.2) is 0 Å². The van der Waals surface area contributed by atoms with Crippen molar-refractivity contribution in [2.75, 3.05) is 50.1 Å². The molecule has 3 aromatic rings. The number of carbonyl (C=O) groups excluding carboxylic acids is 1. The maximum Gasteiger partial charge on any atom is 0.248 e. The molecule has 1 saturated heterocycles. The molecule has 2 heterocycles. The van der Waals surface area contributed by atoms with Gasteiger partial charge in [0.2, 0.25) is 5.91 Å². The van der Waals surface area contributed by atoms with Gasteiger partial charge in [0.05, 0.1) is 17.1 Å². The van der Waals surface area contributed by atoms with Crippen LogP contribution in [0.2, 0.25) is 5.02 Å². The molecule has 4 rings (SSSR count). The van der Waals surface area contributed by atoms with Crippen molar-refractivity contribution < 1.29 is 9.53 Å². The predicted octanol–water partition coefficient (Wildman–Crippen LogP) is 5.00. The summed E-state index contributed by atoms with van der Waals surface area (Å²) in [5, 5.41) is 4.50. The second-order valence-corrected chi connectivity index (χ2v) is 8.67.